The first kappa shape index (κ1) is 21.0. The maximum atomic E-state index is 12.3. The molecule has 0 bridgehead atoms. The van der Waals surface area contributed by atoms with Gasteiger partial charge in [-0.15, -0.1) is 0 Å². The Labute approximate surface area is 168 Å². The van der Waals surface area contributed by atoms with Crippen molar-refractivity contribution in [3.63, 3.8) is 0 Å². The number of hydrogen-bond acceptors (Lipinski definition) is 3. The molecule has 1 atom stereocenters. The predicted octanol–water partition coefficient (Wildman–Crippen LogP) is 2.48. The van der Waals surface area contributed by atoms with Crippen molar-refractivity contribution >= 4 is 46.4 Å². The van der Waals surface area contributed by atoms with Crippen LogP contribution in [0.4, 0.5) is 11.4 Å². The van der Waals surface area contributed by atoms with Crippen molar-refractivity contribution in [1.29, 1.82) is 0 Å². The van der Waals surface area contributed by atoms with Gasteiger partial charge < -0.3 is 20.3 Å². The summed E-state index contributed by atoms with van der Waals surface area (Å²) in [4.78, 5) is 25.4. The van der Waals surface area contributed by atoms with Crippen LogP contribution in [0.2, 0.25) is 10.0 Å². The summed E-state index contributed by atoms with van der Waals surface area (Å²) < 4.78 is 5.22. The van der Waals surface area contributed by atoms with Crippen LogP contribution in [0.1, 0.15) is 6.92 Å². The molecule has 1 unspecified atom stereocenters. The SMILES string of the molecule is CC[NH+](CC(=O)Nc1cc(Cl)ccc1Cl)CC(=O)Nc1ccccc1OC. The third-order valence-corrected chi connectivity index (χ3v) is 4.47. The monoisotopic (exact) mass is 410 g/mol. The normalized spacial score (nSPS) is 11.6. The largest absolute Gasteiger partial charge is 0.495 e. The molecule has 0 saturated heterocycles. The van der Waals surface area contributed by atoms with Crippen LogP contribution >= 0.6 is 23.2 Å². The van der Waals surface area contributed by atoms with Crippen molar-refractivity contribution in [2.24, 2.45) is 0 Å². The average molecular weight is 411 g/mol. The van der Waals surface area contributed by atoms with Crippen LogP contribution in [-0.4, -0.2) is 38.6 Å². The van der Waals surface area contributed by atoms with E-state index in [2.05, 4.69) is 10.6 Å². The molecule has 6 nitrogen and oxygen atoms in total. The fourth-order valence-corrected chi connectivity index (χ4v) is 2.83. The summed E-state index contributed by atoms with van der Waals surface area (Å²) in [7, 11) is 1.54. The van der Waals surface area contributed by atoms with Gasteiger partial charge in [-0.25, -0.2) is 0 Å². The molecule has 8 heteroatoms. The third-order valence-electron chi connectivity index (χ3n) is 3.90. The first-order valence-electron chi connectivity index (χ1n) is 8.44. The van der Waals surface area contributed by atoms with E-state index in [1.54, 1.807) is 37.4 Å². The lowest BCUT2D eigenvalue weighted by molar-refractivity contribution is -0.881. The molecule has 2 aromatic carbocycles. The minimum atomic E-state index is -0.249. The molecule has 2 amide bonds. The highest BCUT2D eigenvalue weighted by Gasteiger charge is 2.18. The number of methoxy groups -OCH3 is 1. The van der Waals surface area contributed by atoms with E-state index in [1.165, 1.54) is 0 Å². The van der Waals surface area contributed by atoms with E-state index in [1.807, 2.05) is 19.1 Å². The van der Waals surface area contributed by atoms with Crippen LogP contribution < -0.4 is 20.3 Å². The van der Waals surface area contributed by atoms with E-state index in [-0.39, 0.29) is 24.9 Å². The number of quaternary nitrogens is 1. The zero-order valence-electron chi connectivity index (χ0n) is 15.1. The summed E-state index contributed by atoms with van der Waals surface area (Å²) in [5.74, 6) is 0.128. The van der Waals surface area contributed by atoms with Crippen molar-refractivity contribution < 1.29 is 19.2 Å². The lowest BCUT2D eigenvalue weighted by Gasteiger charge is -2.17. The lowest BCUT2D eigenvalue weighted by Crippen LogP contribution is -3.13. The lowest BCUT2D eigenvalue weighted by atomic mass is 10.3. The Morgan fingerprint density at radius 2 is 1.63 bits per heavy atom. The summed E-state index contributed by atoms with van der Waals surface area (Å²) >= 11 is 12.0. The highest BCUT2D eigenvalue weighted by Crippen LogP contribution is 2.25. The Balaban J connectivity index is 1.93. The van der Waals surface area contributed by atoms with Gasteiger partial charge in [-0.3, -0.25) is 9.59 Å². The first-order chi connectivity index (χ1) is 12.9. The number of amides is 2. The summed E-state index contributed by atoms with van der Waals surface area (Å²) in [5, 5.41) is 6.42. The van der Waals surface area contributed by atoms with Crippen molar-refractivity contribution in [2.45, 2.75) is 6.92 Å². The van der Waals surface area contributed by atoms with Gasteiger partial charge in [0.1, 0.15) is 5.75 Å². The molecule has 0 saturated carbocycles. The van der Waals surface area contributed by atoms with Crippen LogP contribution in [0, 0.1) is 0 Å². The van der Waals surface area contributed by atoms with Gasteiger partial charge in [0.15, 0.2) is 13.1 Å². The number of carbonyl (C=O) groups excluding carboxylic acids is 2. The van der Waals surface area contributed by atoms with Gasteiger partial charge in [0, 0.05) is 5.02 Å². The van der Waals surface area contributed by atoms with Gasteiger partial charge in [0.05, 0.1) is 30.1 Å². The number of carbonyl (C=O) groups is 2. The maximum absolute atomic E-state index is 12.3. The molecule has 0 aromatic heterocycles. The number of benzene rings is 2. The average Bonchev–Trinajstić information content (AvgIpc) is 2.64. The van der Waals surface area contributed by atoms with Crippen LogP contribution in [0.25, 0.3) is 0 Å². The van der Waals surface area contributed by atoms with Crippen LogP contribution in [0.5, 0.6) is 5.75 Å². The van der Waals surface area contributed by atoms with Gasteiger partial charge in [0.25, 0.3) is 11.8 Å². The topological polar surface area (TPSA) is 71.9 Å². The molecular formula is C19H22Cl2N3O3+. The van der Waals surface area contributed by atoms with Crippen molar-refractivity contribution in [2.75, 3.05) is 37.4 Å². The Kier molecular flexibility index (Phi) is 7.91. The molecule has 2 aromatic rings. The van der Waals surface area contributed by atoms with E-state index in [0.29, 0.717) is 33.7 Å². The number of rotatable bonds is 8. The molecule has 0 fully saturated rings. The third kappa shape index (κ3) is 6.43. The Bertz CT molecular complexity index is 815. The summed E-state index contributed by atoms with van der Waals surface area (Å²) in [6.07, 6.45) is 0. The molecule has 144 valence electrons. The zero-order chi connectivity index (χ0) is 19.8. The van der Waals surface area contributed by atoms with Crippen molar-refractivity contribution in [3.05, 3.63) is 52.5 Å². The predicted molar refractivity (Wildman–Crippen MR) is 108 cm³/mol. The van der Waals surface area contributed by atoms with Crippen LogP contribution in [0.3, 0.4) is 0 Å². The molecule has 0 heterocycles. The summed E-state index contributed by atoms with van der Waals surface area (Å²) in [6.45, 7) is 2.78. The minimum Gasteiger partial charge on any atom is -0.495 e. The van der Waals surface area contributed by atoms with Crippen molar-refractivity contribution in [1.82, 2.24) is 0 Å². The second-order valence-corrected chi connectivity index (χ2v) is 6.72. The zero-order valence-corrected chi connectivity index (χ0v) is 16.7. The van der Waals surface area contributed by atoms with Gasteiger partial charge in [-0.05, 0) is 37.3 Å². The van der Waals surface area contributed by atoms with E-state index in [0.717, 1.165) is 4.90 Å². The fraction of sp³-hybridized carbons (Fsp3) is 0.263. The Morgan fingerprint density at radius 1 is 1.00 bits per heavy atom. The van der Waals surface area contributed by atoms with Gasteiger partial charge in [-0.2, -0.15) is 0 Å². The number of para-hydroxylation sites is 2. The second kappa shape index (κ2) is 10.2. The Hall–Kier alpha value is -2.28. The quantitative estimate of drug-likeness (QED) is 0.625. The van der Waals surface area contributed by atoms with E-state index >= 15 is 0 Å². The van der Waals surface area contributed by atoms with Crippen LogP contribution in [-0.2, 0) is 9.59 Å². The summed E-state index contributed by atoms with van der Waals surface area (Å²) in [6, 6.07) is 12.0. The molecule has 2 rings (SSSR count). The highest BCUT2D eigenvalue weighted by atomic mass is 35.5. The Morgan fingerprint density at radius 3 is 2.26 bits per heavy atom. The molecular weight excluding hydrogens is 389 g/mol. The smallest absolute Gasteiger partial charge is 0.279 e. The number of anilines is 2. The summed E-state index contributed by atoms with van der Waals surface area (Å²) in [5.41, 5.74) is 1.04. The second-order valence-electron chi connectivity index (χ2n) is 5.88. The van der Waals surface area contributed by atoms with Gasteiger partial charge in [-0.1, -0.05) is 35.3 Å². The number of likely N-dealkylation sites (N-methyl/N-ethyl adjacent to an activating group) is 1. The van der Waals surface area contributed by atoms with E-state index in [9.17, 15) is 9.59 Å². The van der Waals surface area contributed by atoms with Crippen LogP contribution in [0.15, 0.2) is 42.5 Å². The number of ether oxygens (including phenoxy) is 1. The fourth-order valence-electron chi connectivity index (χ4n) is 2.50. The molecule has 0 aliphatic rings. The van der Waals surface area contributed by atoms with E-state index < -0.39 is 0 Å². The highest BCUT2D eigenvalue weighted by molar-refractivity contribution is 6.35. The van der Waals surface area contributed by atoms with Gasteiger partial charge in [0.2, 0.25) is 0 Å². The number of hydrogen-bond donors (Lipinski definition) is 3. The standard InChI is InChI=1S/C19H21Cl2N3O3/c1-3-24(11-18(25)22-15-6-4-5-7-17(15)27-2)12-19(26)23-16-10-13(20)8-9-14(16)21/h4-10H,3,11-12H2,1-2H3,(H,22,25)(H,23,26)/p+1. The molecule has 0 spiro atoms. The number of halogens is 2. The minimum absolute atomic E-state index is 0.124. The molecule has 27 heavy (non-hydrogen) atoms. The van der Waals surface area contributed by atoms with Crippen molar-refractivity contribution in [3.8, 4) is 5.75 Å². The first-order valence-corrected chi connectivity index (χ1v) is 9.19. The maximum Gasteiger partial charge on any atom is 0.279 e. The molecule has 3 N–H and O–H groups in total. The number of nitrogens with one attached hydrogen (secondary N) is 3. The molecule has 0 radical (unpaired) electrons. The van der Waals surface area contributed by atoms with E-state index in [4.69, 9.17) is 27.9 Å². The molecule has 0 aliphatic heterocycles. The molecule has 0 aliphatic carbocycles. The van der Waals surface area contributed by atoms with Gasteiger partial charge >= 0.3 is 0 Å².